The average molecular weight is 278 g/mol. The van der Waals surface area contributed by atoms with Crippen LogP contribution >= 0.6 is 0 Å². The smallest absolute Gasteiger partial charge is 0.159 e. The number of benzene rings is 1. The monoisotopic (exact) mass is 278 g/mol. The molecule has 1 rings (SSSR count). The van der Waals surface area contributed by atoms with Gasteiger partial charge in [-0.15, -0.1) is 0 Å². The van der Waals surface area contributed by atoms with Crippen LogP contribution in [-0.4, -0.2) is 31.6 Å². The highest BCUT2D eigenvalue weighted by atomic mass is 32.2. The summed E-state index contributed by atoms with van der Waals surface area (Å²) >= 11 is 0. The van der Waals surface area contributed by atoms with E-state index in [1.165, 1.54) is 6.07 Å². The van der Waals surface area contributed by atoms with E-state index in [0.29, 0.717) is 18.4 Å². The molecule has 1 aromatic carbocycles. The molecular formula is C12H16F2O3S. The van der Waals surface area contributed by atoms with Crippen molar-refractivity contribution in [2.75, 3.05) is 12.0 Å². The van der Waals surface area contributed by atoms with Crippen molar-refractivity contribution in [3.63, 3.8) is 0 Å². The number of hydrogen-bond acceptors (Lipinski definition) is 3. The van der Waals surface area contributed by atoms with Crippen molar-refractivity contribution in [1.29, 1.82) is 0 Å². The minimum absolute atomic E-state index is 0.0157. The van der Waals surface area contributed by atoms with Gasteiger partial charge in [0, 0.05) is 12.0 Å². The number of rotatable bonds is 6. The van der Waals surface area contributed by atoms with Gasteiger partial charge in [-0.25, -0.2) is 17.2 Å². The van der Waals surface area contributed by atoms with Crippen LogP contribution in [0.25, 0.3) is 0 Å². The number of sulfone groups is 1. The SMILES string of the molecule is CS(=O)(=O)CCCC(O)Cc1ccc(F)c(F)c1. The molecule has 0 spiro atoms. The van der Waals surface area contributed by atoms with Crippen LogP contribution < -0.4 is 0 Å². The third kappa shape index (κ3) is 5.55. The predicted octanol–water partition coefficient (Wildman–Crippen LogP) is 1.69. The van der Waals surface area contributed by atoms with Crippen LogP contribution in [0, 0.1) is 11.6 Å². The Balaban J connectivity index is 2.44. The molecular weight excluding hydrogens is 262 g/mol. The van der Waals surface area contributed by atoms with Gasteiger partial charge in [0.1, 0.15) is 9.84 Å². The van der Waals surface area contributed by atoms with Gasteiger partial charge in [0.25, 0.3) is 0 Å². The molecule has 102 valence electrons. The van der Waals surface area contributed by atoms with Crippen LogP contribution in [0.1, 0.15) is 18.4 Å². The molecule has 1 aromatic rings. The van der Waals surface area contributed by atoms with E-state index < -0.39 is 27.6 Å². The molecule has 0 amide bonds. The quantitative estimate of drug-likeness (QED) is 0.861. The van der Waals surface area contributed by atoms with E-state index in [0.717, 1.165) is 18.4 Å². The Bertz CT molecular complexity index is 500. The largest absolute Gasteiger partial charge is 0.393 e. The zero-order valence-electron chi connectivity index (χ0n) is 10.1. The molecule has 0 aliphatic carbocycles. The Kier molecular flexibility index (Phi) is 5.22. The van der Waals surface area contributed by atoms with Crippen molar-refractivity contribution in [2.24, 2.45) is 0 Å². The standard InChI is InChI=1S/C12H16F2O3S/c1-18(16,17)6-2-3-10(15)7-9-4-5-11(13)12(14)8-9/h4-5,8,10,15H,2-3,6-7H2,1H3. The molecule has 0 aliphatic heterocycles. The van der Waals surface area contributed by atoms with Gasteiger partial charge >= 0.3 is 0 Å². The Morgan fingerprint density at radius 3 is 2.50 bits per heavy atom. The second-order valence-electron chi connectivity index (χ2n) is 4.38. The van der Waals surface area contributed by atoms with E-state index in [1.54, 1.807) is 0 Å². The fraction of sp³-hybridized carbons (Fsp3) is 0.500. The molecule has 18 heavy (non-hydrogen) atoms. The fourth-order valence-electron chi connectivity index (χ4n) is 1.62. The van der Waals surface area contributed by atoms with Crippen molar-refractivity contribution in [1.82, 2.24) is 0 Å². The summed E-state index contributed by atoms with van der Waals surface area (Å²) in [5.74, 6) is -1.86. The van der Waals surface area contributed by atoms with Gasteiger partial charge in [0.2, 0.25) is 0 Å². The first-order valence-corrected chi connectivity index (χ1v) is 7.64. The zero-order valence-corrected chi connectivity index (χ0v) is 10.9. The lowest BCUT2D eigenvalue weighted by molar-refractivity contribution is 0.164. The van der Waals surface area contributed by atoms with Gasteiger partial charge in [-0.1, -0.05) is 6.07 Å². The summed E-state index contributed by atoms with van der Waals surface area (Å²) in [6.45, 7) is 0. The molecule has 0 aliphatic rings. The molecule has 1 unspecified atom stereocenters. The van der Waals surface area contributed by atoms with Gasteiger partial charge in [0.15, 0.2) is 11.6 Å². The number of aliphatic hydroxyl groups excluding tert-OH is 1. The maximum atomic E-state index is 12.9. The molecule has 1 N–H and O–H groups in total. The summed E-state index contributed by atoms with van der Waals surface area (Å²) in [4.78, 5) is 0. The number of halogens is 2. The molecule has 0 aromatic heterocycles. The Labute approximate surface area is 105 Å². The summed E-state index contributed by atoms with van der Waals surface area (Å²) in [5.41, 5.74) is 0.487. The van der Waals surface area contributed by atoms with E-state index in [2.05, 4.69) is 0 Å². The first-order chi connectivity index (χ1) is 8.28. The van der Waals surface area contributed by atoms with Crippen LogP contribution in [0.4, 0.5) is 8.78 Å². The van der Waals surface area contributed by atoms with Gasteiger partial charge in [-0.05, 0) is 37.0 Å². The summed E-state index contributed by atoms with van der Waals surface area (Å²) in [6.07, 6.45) is 1.22. The summed E-state index contributed by atoms with van der Waals surface area (Å²) in [6, 6.07) is 3.45. The Morgan fingerprint density at radius 1 is 1.28 bits per heavy atom. The van der Waals surface area contributed by atoms with Crippen molar-refractivity contribution in [3.05, 3.63) is 35.4 Å². The van der Waals surface area contributed by atoms with Gasteiger partial charge in [-0.3, -0.25) is 0 Å². The second kappa shape index (κ2) is 6.24. The van der Waals surface area contributed by atoms with Gasteiger partial charge in [0.05, 0.1) is 6.10 Å². The maximum Gasteiger partial charge on any atom is 0.159 e. The third-order valence-electron chi connectivity index (χ3n) is 2.51. The van der Waals surface area contributed by atoms with Gasteiger partial charge < -0.3 is 5.11 Å². The summed E-state index contributed by atoms with van der Waals surface area (Å²) in [5, 5.41) is 9.65. The molecule has 6 heteroatoms. The molecule has 0 saturated carbocycles. The van der Waals surface area contributed by atoms with Crippen molar-refractivity contribution < 1.29 is 22.3 Å². The van der Waals surface area contributed by atoms with E-state index in [1.807, 2.05) is 0 Å². The summed E-state index contributed by atoms with van der Waals surface area (Å²) < 4.78 is 47.3. The van der Waals surface area contributed by atoms with Crippen LogP contribution in [0.15, 0.2) is 18.2 Å². The van der Waals surface area contributed by atoms with Crippen LogP contribution in [-0.2, 0) is 16.3 Å². The highest BCUT2D eigenvalue weighted by molar-refractivity contribution is 7.90. The highest BCUT2D eigenvalue weighted by Crippen LogP contribution is 2.12. The summed E-state index contributed by atoms with van der Waals surface area (Å²) in [7, 11) is -3.03. The predicted molar refractivity (Wildman–Crippen MR) is 65.0 cm³/mol. The molecule has 1 atom stereocenters. The Morgan fingerprint density at radius 2 is 1.94 bits per heavy atom. The normalized spacial score (nSPS) is 13.6. The second-order valence-corrected chi connectivity index (χ2v) is 6.64. The van der Waals surface area contributed by atoms with E-state index >= 15 is 0 Å². The first-order valence-electron chi connectivity index (χ1n) is 5.57. The Hall–Kier alpha value is -1.01. The topological polar surface area (TPSA) is 54.4 Å². The van der Waals surface area contributed by atoms with E-state index in [-0.39, 0.29) is 12.2 Å². The fourth-order valence-corrected chi connectivity index (χ4v) is 2.31. The van der Waals surface area contributed by atoms with Gasteiger partial charge in [-0.2, -0.15) is 0 Å². The third-order valence-corrected chi connectivity index (χ3v) is 3.54. The van der Waals surface area contributed by atoms with Crippen LogP contribution in [0.3, 0.4) is 0 Å². The first kappa shape index (κ1) is 15.0. The lowest BCUT2D eigenvalue weighted by Crippen LogP contribution is -2.13. The minimum atomic E-state index is -3.03. The lowest BCUT2D eigenvalue weighted by Gasteiger charge is -2.10. The van der Waals surface area contributed by atoms with Crippen molar-refractivity contribution in [2.45, 2.75) is 25.4 Å². The molecule has 0 radical (unpaired) electrons. The molecule has 0 bridgehead atoms. The van der Waals surface area contributed by atoms with Crippen molar-refractivity contribution in [3.8, 4) is 0 Å². The molecule has 0 heterocycles. The molecule has 0 fully saturated rings. The average Bonchev–Trinajstić information content (AvgIpc) is 2.21. The minimum Gasteiger partial charge on any atom is -0.393 e. The van der Waals surface area contributed by atoms with E-state index in [4.69, 9.17) is 0 Å². The molecule has 3 nitrogen and oxygen atoms in total. The number of aliphatic hydroxyl groups is 1. The van der Waals surface area contributed by atoms with E-state index in [9.17, 15) is 22.3 Å². The lowest BCUT2D eigenvalue weighted by atomic mass is 10.0. The van der Waals surface area contributed by atoms with Crippen LogP contribution in [0.2, 0.25) is 0 Å². The highest BCUT2D eigenvalue weighted by Gasteiger charge is 2.10. The zero-order chi connectivity index (χ0) is 13.8. The molecule has 0 saturated heterocycles. The number of hydrogen-bond donors (Lipinski definition) is 1. The van der Waals surface area contributed by atoms with Crippen molar-refractivity contribution >= 4 is 9.84 Å². The maximum absolute atomic E-state index is 12.9. The van der Waals surface area contributed by atoms with Crippen LogP contribution in [0.5, 0.6) is 0 Å².